The molecule has 0 aliphatic rings. The monoisotopic (exact) mass is 197 g/mol. The highest BCUT2D eigenvalue weighted by molar-refractivity contribution is 5.58. The third-order valence-electron chi connectivity index (χ3n) is 2.25. The van der Waals surface area contributed by atoms with Gasteiger partial charge in [-0.2, -0.15) is 10.4 Å². The second-order valence-electron chi connectivity index (χ2n) is 3.41. The molecule has 0 unspecified atom stereocenters. The summed E-state index contributed by atoms with van der Waals surface area (Å²) >= 11 is 0. The van der Waals surface area contributed by atoms with Crippen molar-refractivity contribution in [2.45, 2.75) is 6.42 Å². The molecule has 1 aromatic carbocycles. The van der Waals surface area contributed by atoms with Crippen molar-refractivity contribution in [2.75, 3.05) is 0 Å². The third-order valence-corrected chi connectivity index (χ3v) is 2.25. The summed E-state index contributed by atoms with van der Waals surface area (Å²) in [6.07, 6.45) is 2.38. The number of rotatable bonds is 2. The predicted molar refractivity (Wildman–Crippen MR) is 58.0 cm³/mol. The van der Waals surface area contributed by atoms with Crippen molar-refractivity contribution in [3.05, 3.63) is 42.1 Å². The molecule has 0 amide bonds. The molecule has 0 aliphatic heterocycles. The Kier molecular flexibility index (Phi) is 2.51. The number of aryl methyl sites for hydroxylation is 1. The zero-order valence-corrected chi connectivity index (χ0v) is 8.51. The zero-order valence-electron chi connectivity index (χ0n) is 8.51. The maximum Gasteiger partial charge on any atom is 0.0923 e. The summed E-state index contributed by atoms with van der Waals surface area (Å²) < 4.78 is 1.78. The number of benzene rings is 1. The van der Waals surface area contributed by atoms with Gasteiger partial charge >= 0.3 is 0 Å². The third kappa shape index (κ3) is 2.05. The first-order chi connectivity index (χ1) is 7.29. The lowest BCUT2D eigenvalue weighted by atomic mass is 10.1. The minimum Gasteiger partial charge on any atom is -0.275 e. The molecule has 15 heavy (non-hydrogen) atoms. The first-order valence-corrected chi connectivity index (χ1v) is 4.75. The Balaban J connectivity index is 2.28. The van der Waals surface area contributed by atoms with Gasteiger partial charge in [-0.25, -0.2) is 0 Å². The van der Waals surface area contributed by atoms with Gasteiger partial charge in [0.2, 0.25) is 0 Å². The molecule has 0 N–H and O–H groups in total. The maximum atomic E-state index is 8.54. The summed E-state index contributed by atoms with van der Waals surface area (Å²) in [7, 11) is 1.90. The van der Waals surface area contributed by atoms with Crippen LogP contribution in [-0.4, -0.2) is 9.78 Å². The van der Waals surface area contributed by atoms with Crippen LogP contribution < -0.4 is 0 Å². The Morgan fingerprint density at radius 2 is 2.00 bits per heavy atom. The molecule has 0 bridgehead atoms. The minimum atomic E-state index is 0.461. The molecule has 3 heteroatoms. The first kappa shape index (κ1) is 9.47. The molecule has 3 nitrogen and oxygen atoms in total. The standard InChI is InChI=1S/C12H11N3/c1-15-9-7-12(14-15)11-4-2-10(3-5-11)6-8-13/h2-5,7,9H,6H2,1H3. The van der Waals surface area contributed by atoms with Crippen molar-refractivity contribution < 1.29 is 0 Å². The second kappa shape index (κ2) is 3.97. The topological polar surface area (TPSA) is 41.6 Å². The number of nitrogens with zero attached hydrogens (tertiary/aromatic N) is 3. The molecule has 0 aliphatic carbocycles. The van der Waals surface area contributed by atoms with Crippen LogP contribution in [0, 0.1) is 11.3 Å². The van der Waals surface area contributed by atoms with Crippen LogP contribution in [-0.2, 0) is 13.5 Å². The quantitative estimate of drug-likeness (QED) is 0.740. The van der Waals surface area contributed by atoms with Crippen LogP contribution in [0.5, 0.6) is 0 Å². The lowest BCUT2D eigenvalue weighted by Gasteiger charge is -1.98. The highest BCUT2D eigenvalue weighted by Crippen LogP contribution is 2.17. The van der Waals surface area contributed by atoms with Gasteiger partial charge in [-0.15, -0.1) is 0 Å². The normalized spacial score (nSPS) is 9.87. The molecular weight excluding hydrogens is 186 g/mol. The van der Waals surface area contributed by atoms with E-state index in [9.17, 15) is 0 Å². The van der Waals surface area contributed by atoms with Gasteiger partial charge in [-0.05, 0) is 11.6 Å². The molecule has 0 saturated heterocycles. The number of hydrogen-bond acceptors (Lipinski definition) is 2. The van der Waals surface area contributed by atoms with Crippen molar-refractivity contribution in [3.8, 4) is 17.3 Å². The minimum absolute atomic E-state index is 0.461. The first-order valence-electron chi connectivity index (χ1n) is 4.75. The summed E-state index contributed by atoms with van der Waals surface area (Å²) in [6.45, 7) is 0. The van der Waals surface area contributed by atoms with Crippen molar-refractivity contribution in [1.29, 1.82) is 5.26 Å². The Hall–Kier alpha value is -2.08. The predicted octanol–water partition coefficient (Wildman–Crippen LogP) is 2.15. The fourth-order valence-corrected chi connectivity index (χ4v) is 1.45. The lowest BCUT2D eigenvalue weighted by molar-refractivity contribution is 0.771. The molecule has 74 valence electrons. The van der Waals surface area contributed by atoms with Gasteiger partial charge in [0, 0.05) is 18.8 Å². The maximum absolute atomic E-state index is 8.54. The van der Waals surface area contributed by atoms with Gasteiger partial charge in [0.25, 0.3) is 0 Å². The van der Waals surface area contributed by atoms with E-state index in [2.05, 4.69) is 11.2 Å². The molecule has 0 fully saturated rings. The molecule has 2 rings (SSSR count). The second-order valence-corrected chi connectivity index (χ2v) is 3.41. The Bertz CT molecular complexity index is 488. The summed E-state index contributed by atoms with van der Waals surface area (Å²) in [4.78, 5) is 0. The van der Waals surface area contributed by atoms with Gasteiger partial charge in [0.1, 0.15) is 0 Å². The molecule has 0 radical (unpaired) electrons. The average Bonchev–Trinajstić information content (AvgIpc) is 2.67. The van der Waals surface area contributed by atoms with Crippen LogP contribution >= 0.6 is 0 Å². The van der Waals surface area contributed by atoms with E-state index >= 15 is 0 Å². The van der Waals surface area contributed by atoms with Crippen molar-refractivity contribution in [3.63, 3.8) is 0 Å². The van der Waals surface area contributed by atoms with E-state index in [1.807, 2.05) is 43.6 Å². The van der Waals surface area contributed by atoms with Crippen LogP contribution in [0.3, 0.4) is 0 Å². The fraction of sp³-hybridized carbons (Fsp3) is 0.167. The van der Waals surface area contributed by atoms with Gasteiger partial charge in [-0.1, -0.05) is 24.3 Å². The van der Waals surface area contributed by atoms with E-state index in [4.69, 9.17) is 5.26 Å². The highest BCUT2D eigenvalue weighted by Gasteiger charge is 2.00. The van der Waals surface area contributed by atoms with E-state index < -0.39 is 0 Å². The summed E-state index contributed by atoms with van der Waals surface area (Å²) in [5.41, 5.74) is 3.08. The summed E-state index contributed by atoms with van der Waals surface area (Å²) in [6, 6.07) is 12.0. The van der Waals surface area contributed by atoms with E-state index in [-0.39, 0.29) is 0 Å². The Morgan fingerprint density at radius 1 is 1.27 bits per heavy atom. The van der Waals surface area contributed by atoms with E-state index in [1.54, 1.807) is 4.68 Å². The van der Waals surface area contributed by atoms with Gasteiger partial charge in [0.15, 0.2) is 0 Å². The number of aromatic nitrogens is 2. The van der Waals surface area contributed by atoms with E-state index in [1.165, 1.54) is 0 Å². The van der Waals surface area contributed by atoms with Gasteiger partial charge in [-0.3, -0.25) is 4.68 Å². The van der Waals surface area contributed by atoms with Crippen molar-refractivity contribution in [2.24, 2.45) is 7.05 Å². The largest absolute Gasteiger partial charge is 0.275 e. The molecule has 0 spiro atoms. The molecule has 0 atom stereocenters. The summed E-state index contributed by atoms with van der Waals surface area (Å²) in [5.74, 6) is 0. The van der Waals surface area contributed by atoms with Crippen molar-refractivity contribution >= 4 is 0 Å². The molecule has 1 heterocycles. The SMILES string of the molecule is Cn1ccc(-c2ccc(CC#N)cc2)n1. The van der Waals surface area contributed by atoms with E-state index in [0.29, 0.717) is 6.42 Å². The smallest absolute Gasteiger partial charge is 0.0923 e. The van der Waals surface area contributed by atoms with Gasteiger partial charge in [0.05, 0.1) is 18.2 Å². The molecular formula is C12H11N3. The van der Waals surface area contributed by atoms with Crippen molar-refractivity contribution in [1.82, 2.24) is 9.78 Å². The number of hydrogen-bond donors (Lipinski definition) is 0. The Morgan fingerprint density at radius 3 is 2.53 bits per heavy atom. The van der Waals surface area contributed by atoms with Crippen LogP contribution in [0.25, 0.3) is 11.3 Å². The summed E-state index contributed by atoms with van der Waals surface area (Å²) in [5, 5.41) is 12.9. The van der Waals surface area contributed by atoms with Crippen LogP contribution in [0.2, 0.25) is 0 Å². The lowest BCUT2D eigenvalue weighted by Crippen LogP contribution is -1.88. The van der Waals surface area contributed by atoms with Gasteiger partial charge < -0.3 is 0 Å². The van der Waals surface area contributed by atoms with Crippen LogP contribution in [0.4, 0.5) is 0 Å². The molecule has 0 saturated carbocycles. The molecule has 2 aromatic rings. The highest BCUT2D eigenvalue weighted by atomic mass is 15.2. The molecule has 1 aromatic heterocycles. The average molecular weight is 197 g/mol. The van der Waals surface area contributed by atoms with E-state index in [0.717, 1.165) is 16.8 Å². The fourth-order valence-electron chi connectivity index (χ4n) is 1.45. The van der Waals surface area contributed by atoms with Crippen LogP contribution in [0.1, 0.15) is 5.56 Å². The number of nitriles is 1. The van der Waals surface area contributed by atoms with Crippen LogP contribution in [0.15, 0.2) is 36.5 Å². The Labute approximate surface area is 88.6 Å². The zero-order chi connectivity index (χ0) is 10.7.